The van der Waals surface area contributed by atoms with E-state index < -0.39 is 0 Å². The van der Waals surface area contributed by atoms with E-state index in [2.05, 4.69) is 32.5 Å². The molecular weight excluding hydrogens is 326 g/mol. The molecule has 6 heteroatoms. The summed E-state index contributed by atoms with van der Waals surface area (Å²) in [7, 11) is 0. The summed E-state index contributed by atoms with van der Waals surface area (Å²) in [6.45, 7) is 4.57. The van der Waals surface area contributed by atoms with E-state index in [-0.39, 0.29) is 5.91 Å². The van der Waals surface area contributed by atoms with Crippen molar-refractivity contribution in [2.75, 3.05) is 10.6 Å². The van der Waals surface area contributed by atoms with Crippen molar-refractivity contribution in [3.63, 3.8) is 0 Å². The first kappa shape index (κ1) is 17.5. The highest BCUT2D eigenvalue weighted by Crippen LogP contribution is 2.21. The molecule has 0 aliphatic rings. The molecule has 0 unspecified atom stereocenters. The van der Waals surface area contributed by atoms with E-state index in [1.54, 1.807) is 6.20 Å². The highest BCUT2D eigenvalue weighted by Gasteiger charge is 2.11. The highest BCUT2D eigenvalue weighted by atomic mass is 16.1. The number of pyridine rings is 1. The summed E-state index contributed by atoms with van der Waals surface area (Å²) in [5.74, 6) is 0.239. The van der Waals surface area contributed by atoms with Crippen LogP contribution in [0.1, 0.15) is 34.1 Å². The number of nitrogens with zero attached hydrogens (tertiary/aromatic N) is 3. The number of carbonyl (C=O) groups is 1. The summed E-state index contributed by atoms with van der Waals surface area (Å²) in [5, 5.41) is 6.06. The summed E-state index contributed by atoms with van der Waals surface area (Å²) in [5.41, 5.74) is 4.31. The number of benzene rings is 1. The van der Waals surface area contributed by atoms with Crippen LogP contribution in [0.3, 0.4) is 0 Å². The largest absolute Gasteiger partial charge is 0.349 e. The Morgan fingerprint density at radius 2 is 1.85 bits per heavy atom. The lowest BCUT2D eigenvalue weighted by Gasteiger charge is -2.13. The molecule has 0 radical (unpaired) electrons. The molecule has 1 amide bonds. The second-order valence-electron chi connectivity index (χ2n) is 5.89. The summed E-state index contributed by atoms with van der Waals surface area (Å²) in [4.78, 5) is 25.2. The van der Waals surface area contributed by atoms with Crippen LogP contribution in [0, 0.1) is 6.92 Å². The third-order valence-corrected chi connectivity index (χ3v) is 4.05. The van der Waals surface area contributed by atoms with Crippen LogP contribution in [0.25, 0.3) is 0 Å². The minimum atomic E-state index is -0.217. The molecule has 2 heterocycles. The van der Waals surface area contributed by atoms with Gasteiger partial charge in [0.2, 0.25) is 5.95 Å². The SMILES string of the molecule is CCc1cccc(C)c1NC(=O)c1cnc(NCc2ccccn2)nc1. The molecule has 0 fully saturated rings. The van der Waals surface area contributed by atoms with Gasteiger partial charge in [-0.15, -0.1) is 0 Å². The van der Waals surface area contributed by atoms with Crippen molar-refractivity contribution in [2.24, 2.45) is 0 Å². The Morgan fingerprint density at radius 3 is 2.54 bits per heavy atom. The van der Waals surface area contributed by atoms with Crippen LogP contribution in [-0.2, 0) is 13.0 Å². The van der Waals surface area contributed by atoms with Crippen LogP contribution < -0.4 is 10.6 Å². The Morgan fingerprint density at radius 1 is 1.04 bits per heavy atom. The van der Waals surface area contributed by atoms with Crippen molar-refractivity contribution in [3.8, 4) is 0 Å². The van der Waals surface area contributed by atoms with Gasteiger partial charge >= 0.3 is 0 Å². The number of amides is 1. The number of aryl methyl sites for hydroxylation is 2. The van der Waals surface area contributed by atoms with Gasteiger partial charge in [-0.25, -0.2) is 9.97 Å². The standard InChI is InChI=1S/C20H21N5O/c1-3-15-8-6-7-14(2)18(15)25-19(26)16-11-22-20(23-12-16)24-13-17-9-4-5-10-21-17/h4-12H,3,13H2,1-2H3,(H,25,26)(H,22,23,24). The van der Waals surface area contributed by atoms with Gasteiger partial charge in [0.05, 0.1) is 17.8 Å². The lowest BCUT2D eigenvalue weighted by molar-refractivity contribution is 0.102. The maximum Gasteiger partial charge on any atom is 0.258 e. The topological polar surface area (TPSA) is 79.8 Å². The van der Waals surface area contributed by atoms with Crippen molar-refractivity contribution >= 4 is 17.5 Å². The molecule has 132 valence electrons. The molecule has 2 N–H and O–H groups in total. The van der Waals surface area contributed by atoms with Crippen LogP contribution in [-0.4, -0.2) is 20.9 Å². The number of hydrogen-bond acceptors (Lipinski definition) is 5. The van der Waals surface area contributed by atoms with Crippen LogP contribution >= 0.6 is 0 Å². The van der Waals surface area contributed by atoms with Crippen molar-refractivity contribution in [2.45, 2.75) is 26.8 Å². The van der Waals surface area contributed by atoms with Crippen LogP contribution in [0.15, 0.2) is 55.0 Å². The molecule has 1 aromatic carbocycles. The van der Waals surface area contributed by atoms with E-state index in [9.17, 15) is 4.79 Å². The molecule has 0 aliphatic heterocycles. The van der Waals surface area contributed by atoms with E-state index in [1.165, 1.54) is 12.4 Å². The van der Waals surface area contributed by atoms with Crippen molar-refractivity contribution < 1.29 is 4.79 Å². The van der Waals surface area contributed by atoms with Gasteiger partial charge in [0.25, 0.3) is 5.91 Å². The zero-order chi connectivity index (χ0) is 18.4. The smallest absolute Gasteiger partial charge is 0.258 e. The highest BCUT2D eigenvalue weighted by molar-refractivity contribution is 6.04. The average Bonchev–Trinajstić information content (AvgIpc) is 2.69. The molecule has 0 saturated heterocycles. The number of rotatable bonds is 6. The fourth-order valence-electron chi connectivity index (χ4n) is 2.60. The molecule has 3 aromatic rings. The fraction of sp³-hybridized carbons (Fsp3) is 0.200. The van der Waals surface area contributed by atoms with Crippen LogP contribution in [0.4, 0.5) is 11.6 Å². The Balaban J connectivity index is 1.66. The van der Waals surface area contributed by atoms with Gasteiger partial charge in [-0.05, 0) is 36.6 Å². The fourth-order valence-corrected chi connectivity index (χ4v) is 2.60. The number of carbonyl (C=O) groups excluding carboxylic acids is 1. The molecule has 2 aromatic heterocycles. The van der Waals surface area contributed by atoms with Crippen molar-refractivity contribution in [1.29, 1.82) is 0 Å². The Labute approximate surface area is 152 Å². The summed E-state index contributed by atoms with van der Waals surface area (Å²) >= 11 is 0. The van der Waals surface area contributed by atoms with Gasteiger partial charge < -0.3 is 10.6 Å². The Hall–Kier alpha value is -3.28. The Kier molecular flexibility index (Phi) is 5.53. The third-order valence-electron chi connectivity index (χ3n) is 4.05. The lowest BCUT2D eigenvalue weighted by atomic mass is 10.1. The molecule has 0 atom stereocenters. The maximum atomic E-state index is 12.5. The van der Waals surface area contributed by atoms with Gasteiger partial charge in [-0.2, -0.15) is 0 Å². The molecule has 0 saturated carbocycles. The van der Waals surface area contributed by atoms with E-state index in [4.69, 9.17) is 0 Å². The number of anilines is 2. The predicted octanol–water partition coefficient (Wildman–Crippen LogP) is 3.61. The maximum absolute atomic E-state index is 12.5. The summed E-state index contributed by atoms with van der Waals surface area (Å²) in [6, 6.07) is 11.7. The molecule has 0 aliphatic carbocycles. The van der Waals surface area contributed by atoms with Gasteiger partial charge in [-0.1, -0.05) is 31.2 Å². The van der Waals surface area contributed by atoms with E-state index in [1.807, 2.05) is 43.3 Å². The first-order chi connectivity index (χ1) is 12.7. The van der Waals surface area contributed by atoms with Crippen molar-refractivity contribution in [1.82, 2.24) is 15.0 Å². The van der Waals surface area contributed by atoms with Gasteiger partial charge in [0.1, 0.15) is 0 Å². The second kappa shape index (κ2) is 8.20. The van der Waals surface area contributed by atoms with Crippen molar-refractivity contribution in [3.05, 3.63) is 77.4 Å². The summed E-state index contributed by atoms with van der Waals surface area (Å²) < 4.78 is 0. The zero-order valence-corrected chi connectivity index (χ0v) is 14.9. The normalized spacial score (nSPS) is 10.4. The van der Waals surface area contributed by atoms with Gasteiger partial charge in [0, 0.05) is 24.3 Å². The molecule has 3 rings (SSSR count). The quantitative estimate of drug-likeness (QED) is 0.712. The number of para-hydroxylation sites is 1. The second-order valence-corrected chi connectivity index (χ2v) is 5.89. The molecule has 6 nitrogen and oxygen atoms in total. The molecule has 26 heavy (non-hydrogen) atoms. The minimum Gasteiger partial charge on any atom is -0.349 e. The van der Waals surface area contributed by atoms with E-state index in [0.717, 1.165) is 28.9 Å². The first-order valence-electron chi connectivity index (χ1n) is 8.53. The number of aromatic nitrogens is 3. The average molecular weight is 347 g/mol. The molecular formula is C20H21N5O. The van der Waals surface area contributed by atoms with Crippen LogP contribution in [0.5, 0.6) is 0 Å². The first-order valence-corrected chi connectivity index (χ1v) is 8.53. The molecule has 0 bridgehead atoms. The third kappa shape index (κ3) is 4.22. The lowest BCUT2D eigenvalue weighted by Crippen LogP contribution is -2.15. The van der Waals surface area contributed by atoms with Crippen LogP contribution in [0.2, 0.25) is 0 Å². The monoisotopic (exact) mass is 347 g/mol. The number of nitrogens with one attached hydrogen (secondary N) is 2. The zero-order valence-electron chi connectivity index (χ0n) is 14.9. The van der Waals surface area contributed by atoms with E-state index >= 15 is 0 Å². The predicted molar refractivity (Wildman–Crippen MR) is 102 cm³/mol. The van der Waals surface area contributed by atoms with Gasteiger partial charge in [0.15, 0.2) is 0 Å². The van der Waals surface area contributed by atoms with Gasteiger partial charge in [-0.3, -0.25) is 9.78 Å². The minimum absolute atomic E-state index is 0.217. The molecule has 0 spiro atoms. The number of hydrogen-bond donors (Lipinski definition) is 2. The Bertz CT molecular complexity index is 878. The summed E-state index contributed by atoms with van der Waals surface area (Å²) in [6.07, 6.45) is 5.63. The van der Waals surface area contributed by atoms with E-state index in [0.29, 0.717) is 18.1 Å².